The fourth-order valence-corrected chi connectivity index (χ4v) is 2.48. The molecule has 7 nitrogen and oxygen atoms in total. The number of imide groups is 1. The van der Waals surface area contributed by atoms with Gasteiger partial charge in [-0.05, 0) is 30.3 Å². The Hall–Kier alpha value is -3.48. The van der Waals surface area contributed by atoms with Crippen LogP contribution in [-0.4, -0.2) is 37.3 Å². The predicted molar refractivity (Wildman–Crippen MR) is 88.4 cm³/mol. The number of carbonyl (C=O) groups is 4. The van der Waals surface area contributed by atoms with Gasteiger partial charge >= 0.3 is 5.97 Å². The molecule has 3 amide bonds. The fourth-order valence-electron chi connectivity index (χ4n) is 2.48. The molecule has 2 aromatic carbocycles. The van der Waals surface area contributed by atoms with Crippen LogP contribution in [0.3, 0.4) is 0 Å². The van der Waals surface area contributed by atoms with Crippen LogP contribution in [0.4, 0.5) is 5.69 Å². The highest BCUT2D eigenvalue weighted by molar-refractivity contribution is 6.34. The molecule has 0 aromatic heterocycles. The number of anilines is 1. The van der Waals surface area contributed by atoms with Crippen LogP contribution in [-0.2, 0) is 9.53 Å². The maximum atomic E-state index is 12.5. The second-order valence-corrected chi connectivity index (χ2v) is 5.29. The average molecular weight is 338 g/mol. The van der Waals surface area contributed by atoms with Gasteiger partial charge in [-0.2, -0.15) is 0 Å². The van der Waals surface area contributed by atoms with E-state index in [2.05, 4.69) is 5.32 Å². The Morgan fingerprint density at radius 1 is 1.00 bits per heavy atom. The lowest BCUT2D eigenvalue weighted by Crippen LogP contribution is -2.29. The van der Waals surface area contributed by atoms with E-state index in [0.717, 1.165) is 4.90 Å². The number of hydrogen-bond donors (Lipinski definition) is 1. The van der Waals surface area contributed by atoms with Gasteiger partial charge in [0.25, 0.3) is 17.7 Å². The highest BCUT2D eigenvalue weighted by atomic mass is 16.5. The molecule has 126 valence electrons. The van der Waals surface area contributed by atoms with Crippen molar-refractivity contribution in [2.45, 2.75) is 0 Å². The Kier molecular flexibility index (Phi) is 4.30. The van der Waals surface area contributed by atoms with E-state index in [-0.39, 0.29) is 11.3 Å². The summed E-state index contributed by atoms with van der Waals surface area (Å²) in [5.41, 5.74) is 1.04. The number of ether oxygens (including phenoxy) is 1. The van der Waals surface area contributed by atoms with Crippen LogP contribution < -0.4 is 10.2 Å². The predicted octanol–water partition coefficient (Wildman–Crippen LogP) is 1.39. The Balaban J connectivity index is 1.85. The van der Waals surface area contributed by atoms with Crippen LogP contribution in [0, 0.1) is 0 Å². The molecule has 0 saturated heterocycles. The number of fused-ring (bicyclic) bond motifs is 1. The Labute approximate surface area is 143 Å². The lowest BCUT2D eigenvalue weighted by molar-refractivity contribution is -0.123. The topological polar surface area (TPSA) is 92.8 Å². The van der Waals surface area contributed by atoms with Crippen molar-refractivity contribution in [3.63, 3.8) is 0 Å². The molecule has 1 N–H and O–H groups in total. The first-order valence-electron chi connectivity index (χ1n) is 7.48. The van der Waals surface area contributed by atoms with Crippen LogP contribution in [0.15, 0.2) is 48.5 Å². The third-order valence-corrected chi connectivity index (χ3v) is 3.75. The second-order valence-electron chi connectivity index (χ2n) is 5.29. The molecule has 7 heteroatoms. The standard InChI is InChI=1S/C18H14N2O5/c1-19-15(21)10-25-18(24)11-5-4-6-12(9-11)20-16(22)13-7-2-3-8-14(13)17(20)23/h2-9H,10H2,1H3,(H,19,21). The SMILES string of the molecule is CNC(=O)COC(=O)c1cccc(N2C(=O)c3ccccc3C2=O)c1. The van der Waals surface area contributed by atoms with Crippen molar-refractivity contribution in [2.24, 2.45) is 0 Å². The molecule has 0 spiro atoms. The van der Waals surface area contributed by atoms with Gasteiger partial charge in [-0.15, -0.1) is 0 Å². The smallest absolute Gasteiger partial charge is 0.338 e. The number of rotatable bonds is 4. The summed E-state index contributed by atoms with van der Waals surface area (Å²) in [6.07, 6.45) is 0. The molecule has 0 aliphatic carbocycles. The van der Waals surface area contributed by atoms with E-state index in [4.69, 9.17) is 4.74 Å². The van der Waals surface area contributed by atoms with Crippen molar-refractivity contribution in [3.8, 4) is 0 Å². The summed E-state index contributed by atoms with van der Waals surface area (Å²) in [5.74, 6) is -2.06. The van der Waals surface area contributed by atoms with Gasteiger partial charge in [-0.25, -0.2) is 9.69 Å². The van der Waals surface area contributed by atoms with Crippen molar-refractivity contribution in [1.82, 2.24) is 5.32 Å². The molecule has 2 aromatic rings. The van der Waals surface area contributed by atoms with E-state index >= 15 is 0 Å². The molecule has 0 bridgehead atoms. The molecular weight excluding hydrogens is 324 g/mol. The molecular formula is C18H14N2O5. The fraction of sp³-hybridized carbons (Fsp3) is 0.111. The quantitative estimate of drug-likeness (QED) is 0.672. The first kappa shape index (κ1) is 16.4. The zero-order valence-corrected chi connectivity index (χ0v) is 13.3. The minimum Gasteiger partial charge on any atom is -0.452 e. The molecule has 1 aliphatic heterocycles. The number of benzene rings is 2. The van der Waals surface area contributed by atoms with Crippen molar-refractivity contribution in [1.29, 1.82) is 0 Å². The normalized spacial score (nSPS) is 12.8. The highest BCUT2D eigenvalue weighted by Gasteiger charge is 2.36. The maximum Gasteiger partial charge on any atom is 0.338 e. The average Bonchev–Trinajstić information content (AvgIpc) is 2.90. The van der Waals surface area contributed by atoms with Crippen molar-refractivity contribution in [2.75, 3.05) is 18.6 Å². The maximum absolute atomic E-state index is 12.5. The molecule has 1 aliphatic rings. The minimum absolute atomic E-state index is 0.137. The molecule has 0 atom stereocenters. The number of esters is 1. The van der Waals surface area contributed by atoms with Gasteiger partial charge in [-0.1, -0.05) is 18.2 Å². The third kappa shape index (κ3) is 2.99. The molecule has 1 heterocycles. The van der Waals surface area contributed by atoms with Gasteiger partial charge in [-0.3, -0.25) is 14.4 Å². The summed E-state index contributed by atoms with van der Waals surface area (Å²) in [7, 11) is 1.43. The van der Waals surface area contributed by atoms with Crippen molar-refractivity contribution < 1.29 is 23.9 Å². The number of likely N-dealkylation sites (N-methyl/N-ethyl adjacent to an activating group) is 1. The van der Waals surface area contributed by atoms with Gasteiger partial charge < -0.3 is 10.1 Å². The van der Waals surface area contributed by atoms with Crippen LogP contribution in [0.2, 0.25) is 0 Å². The van der Waals surface area contributed by atoms with Gasteiger partial charge in [0, 0.05) is 7.05 Å². The van der Waals surface area contributed by atoms with Crippen molar-refractivity contribution >= 4 is 29.4 Å². The summed E-state index contributed by atoms with van der Waals surface area (Å²) < 4.78 is 4.87. The molecule has 0 unspecified atom stereocenters. The number of nitrogens with zero attached hydrogens (tertiary/aromatic N) is 1. The Bertz CT molecular complexity index is 856. The lowest BCUT2D eigenvalue weighted by atomic mass is 10.1. The van der Waals surface area contributed by atoms with Crippen LogP contribution in [0.25, 0.3) is 0 Å². The van der Waals surface area contributed by atoms with E-state index in [9.17, 15) is 19.2 Å². The van der Waals surface area contributed by atoms with E-state index in [1.54, 1.807) is 30.3 Å². The summed E-state index contributed by atoms with van der Waals surface area (Å²) in [6, 6.07) is 12.5. The summed E-state index contributed by atoms with van der Waals surface area (Å²) >= 11 is 0. The molecule has 0 saturated carbocycles. The van der Waals surface area contributed by atoms with E-state index in [0.29, 0.717) is 11.1 Å². The zero-order valence-electron chi connectivity index (χ0n) is 13.3. The first-order chi connectivity index (χ1) is 12.0. The Morgan fingerprint density at radius 3 is 2.24 bits per heavy atom. The number of hydrogen-bond acceptors (Lipinski definition) is 5. The van der Waals surface area contributed by atoms with E-state index in [1.807, 2.05) is 0 Å². The van der Waals surface area contributed by atoms with Crippen LogP contribution in [0.1, 0.15) is 31.1 Å². The molecule has 0 radical (unpaired) electrons. The third-order valence-electron chi connectivity index (χ3n) is 3.75. The second kappa shape index (κ2) is 6.56. The molecule has 3 rings (SSSR count). The number of carbonyl (C=O) groups excluding carboxylic acids is 4. The molecule has 25 heavy (non-hydrogen) atoms. The number of nitrogens with one attached hydrogen (secondary N) is 1. The highest BCUT2D eigenvalue weighted by Crippen LogP contribution is 2.28. The summed E-state index contributed by atoms with van der Waals surface area (Å²) in [6.45, 7) is -0.410. The minimum atomic E-state index is -0.720. The van der Waals surface area contributed by atoms with Crippen LogP contribution in [0.5, 0.6) is 0 Å². The van der Waals surface area contributed by atoms with E-state index in [1.165, 1.54) is 25.2 Å². The van der Waals surface area contributed by atoms with Gasteiger partial charge in [0.1, 0.15) is 0 Å². The monoisotopic (exact) mass is 338 g/mol. The number of amides is 3. The summed E-state index contributed by atoms with van der Waals surface area (Å²) in [5, 5.41) is 2.34. The first-order valence-corrected chi connectivity index (χ1v) is 7.48. The largest absolute Gasteiger partial charge is 0.452 e. The Morgan fingerprint density at radius 2 is 1.64 bits per heavy atom. The zero-order chi connectivity index (χ0) is 18.0. The van der Waals surface area contributed by atoms with E-state index < -0.39 is 30.3 Å². The molecule has 0 fully saturated rings. The van der Waals surface area contributed by atoms with Gasteiger partial charge in [0.05, 0.1) is 22.4 Å². The lowest BCUT2D eigenvalue weighted by Gasteiger charge is -2.14. The van der Waals surface area contributed by atoms with Gasteiger partial charge in [0.15, 0.2) is 6.61 Å². The summed E-state index contributed by atoms with van der Waals surface area (Å²) in [4.78, 5) is 49.1. The van der Waals surface area contributed by atoms with Gasteiger partial charge in [0.2, 0.25) is 0 Å². The van der Waals surface area contributed by atoms with Crippen molar-refractivity contribution in [3.05, 3.63) is 65.2 Å². The van der Waals surface area contributed by atoms with Crippen LogP contribution >= 0.6 is 0 Å².